The van der Waals surface area contributed by atoms with Gasteiger partial charge in [-0.05, 0) is 36.6 Å². The van der Waals surface area contributed by atoms with E-state index < -0.39 is 17.8 Å². The minimum atomic E-state index is -4.38. The maximum Gasteiger partial charge on any atom is 0.416 e. The topological polar surface area (TPSA) is 38.3 Å². The zero-order valence-corrected chi connectivity index (χ0v) is 10.8. The molecule has 0 radical (unpaired) electrons. The summed E-state index contributed by atoms with van der Waals surface area (Å²) in [5.41, 5.74) is -0.492. The Morgan fingerprint density at radius 1 is 1.26 bits per heavy atom. The Bertz CT molecular complexity index is 413. The molecule has 106 valence electrons. The van der Waals surface area contributed by atoms with Crippen LogP contribution >= 0.6 is 0 Å². The normalized spacial score (nSPS) is 11.5. The lowest BCUT2D eigenvalue weighted by molar-refractivity contribution is -0.137. The zero-order chi connectivity index (χ0) is 14.5. The first-order valence-corrected chi connectivity index (χ1v) is 5.90. The number of benzene rings is 1. The summed E-state index contributed by atoms with van der Waals surface area (Å²) in [5.74, 6) is 0.416. The van der Waals surface area contributed by atoms with Crippen molar-refractivity contribution in [2.75, 3.05) is 11.9 Å². The minimum absolute atomic E-state index is 0.266. The van der Waals surface area contributed by atoms with Crippen molar-refractivity contribution in [2.45, 2.75) is 26.4 Å². The van der Waals surface area contributed by atoms with Crippen LogP contribution in [0, 0.1) is 5.92 Å². The van der Waals surface area contributed by atoms with Gasteiger partial charge < -0.3 is 4.74 Å². The molecule has 1 N–H and O–H groups in total. The third-order valence-electron chi connectivity index (χ3n) is 2.39. The Labute approximate surface area is 109 Å². The van der Waals surface area contributed by atoms with Gasteiger partial charge in [0.05, 0.1) is 12.2 Å². The largest absolute Gasteiger partial charge is 0.449 e. The molecule has 0 aliphatic heterocycles. The van der Waals surface area contributed by atoms with Crippen molar-refractivity contribution in [1.82, 2.24) is 0 Å². The number of carbonyl (C=O) groups excluding carboxylic acids is 1. The van der Waals surface area contributed by atoms with Gasteiger partial charge in [0.25, 0.3) is 0 Å². The number of alkyl halides is 3. The van der Waals surface area contributed by atoms with Gasteiger partial charge in [-0.2, -0.15) is 13.2 Å². The SMILES string of the molecule is CC(C)CCOC(=O)Nc1ccc(C(F)(F)F)cc1. The van der Waals surface area contributed by atoms with Crippen molar-refractivity contribution in [2.24, 2.45) is 5.92 Å². The van der Waals surface area contributed by atoms with Crippen molar-refractivity contribution in [3.05, 3.63) is 29.8 Å². The maximum atomic E-state index is 12.3. The van der Waals surface area contributed by atoms with Gasteiger partial charge in [-0.3, -0.25) is 5.32 Å². The molecule has 0 aliphatic rings. The van der Waals surface area contributed by atoms with E-state index in [4.69, 9.17) is 4.74 Å². The highest BCUT2D eigenvalue weighted by Crippen LogP contribution is 2.29. The number of anilines is 1. The predicted molar refractivity (Wildman–Crippen MR) is 65.9 cm³/mol. The number of rotatable bonds is 4. The molecular weight excluding hydrogens is 259 g/mol. The fourth-order valence-electron chi connectivity index (χ4n) is 1.28. The lowest BCUT2D eigenvalue weighted by Gasteiger charge is -2.10. The van der Waals surface area contributed by atoms with Crippen molar-refractivity contribution in [3.63, 3.8) is 0 Å². The third kappa shape index (κ3) is 5.63. The number of amides is 1. The molecule has 1 amide bonds. The fraction of sp³-hybridized carbons (Fsp3) is 0.462. The molecule has 0 aromatic heterocycles. The van der Waals surface area contributed by atoms with Gasteiger partial charge in [-0.25, -0.2) is 4.79 Å². The molecule has 0 saturated carbocycles. The van der Waals surface area contributed by atoms with E-state index in [-0.39, 0.29) is 12.3 Å². The van der Waals surface area contributed by atoms with Gasteiger partial charge in [0.2, 0.25) is 0 Å². The second-order valence-corrected chi connectivity index (χ2v) is 4.52. The van der Waals surface area contributed by atoms with Crippen LogP contribution in [0.25, 0.3) is 0 Å². The molecule has 0 fully saturated rings. The van der Waals surface area contributed by atoms with Crippen LogP contribution in [0.2, 0.25) is 0 Å². The lowest BCUT2D eigenvalue weighted by Crippen LogP contribution is -2.15. The quantitative estimate of drug-likeness (QED) is 0.889. The van der Waals surface area contributed by atoms with Gasteiger partial charge in [0.1, 0.15) is 0 Å². The van der Waals surface area contributed by atoms with Crippen LogP contribution in [-0.2, 0) is 10.9 Å². The third-order valence-corrected chi connectivity index (χ3v) is 2.39. The molecular formula is C13H16F3NO2. The summed E-state index contributed by atoms with van der Waals surface area (Å²) >= 11 is 0. The Kier molecular flexibility index (Phi) is 5.20. The Hall–Kier alpha value is -1.72. The highest BCUT2D eigenvalue weighted by molar-refractivity contribution is 5.84. The summed E-state index contributed by atoms with van der Waals surface area (Å²) in [5, 5.41) is 2.37. The van der Waals surface area contributed by atoms with E-state index >= 15 is 0 Å². The molecule has 3 nitrogen and oxygen atoms in total. The minimum Gasteiger partial charge on any atom is -0.449 e. The Morgan fingerprint density at radius 3 is 2.32 bits per heavy atom. The maximum absolute atomic E-state index is 12.3. The summed E-state index contributed by atoms with van der Waals surface area (Å²) in [6, 6.07) is 4.19. The van der Waals surface area contributed by atoms with Crippen molar-refractivity contribution in [1.29, 1.82) is 0 Å². The number of carbonyl (C=O) groups is 1. The molecule has 0 atom stereocenters. The van der Waals surface area contributed by atoms with Crippen molar-refractivity contribution >= 4 is 11.8 Å². The van der Waals surface area contributed by atoms with Crippen LogP contribution in [0.5, 0.6) is 0 Å². The van der Waals surface area contributed by atoms with E-state index in [2.05, 4.69) is 5.32 Å². The first-order valence-electron chi connectivity index (χ1n) is 5.90. The van der Waals surface area contributed by atoms with E-state index in [1.807, 2.05) is 13.8 Å². The van der Waals surface area contributed by atoms with Crippen LogP contribution in [0.3, 0.4) is 0 Å². The number of hydrogen-bond acceptors (Lipinski definition) is 2. The van der Waals surface area contributed by atoms with Crippen LogP contribution in [0.4, 0.5) is 23.7 Å². The Morgan fingerprint density at radius 2 is 1.84 bits per heavy atom. The molecule has 19 heavy (non-hydrogen) atoms. The fourth-order valence-corrected chi connectivity index (χ4v) is 1.28. The summed E-state index contributed by atoms with van der Waals surface area (Å²) in [6.07, 6.45) is -4.31. The lowest BCUT2D eigenvalue weighted by atomic mass is 10.1. The summed E-state index contributed by atoms with van der Waals surface area (Å²) < 4.78 is 41.8. The number of ether oxygens (including phenoxy) is 1. The molecule has 0 bridgehead atoms. The van der Waals surface area contributed by atoms with Gasteiger partial charge in [-0.1, -0.05) is 13.8 Å². The number of nitrogens with one attached hydrogen (secondary N) is 1. The number of hydrogen-bond donors (Lipinski definition) is 1. The van der Waals surface area contributed by atoms with Crippen molar-refractivity contribution in [3.8, 4) is 0 Å². The number of halogens is 3. The van der Waals surface area contributed by atoms with Gasteiger partial charge in [-0.15, -0.1) is 0 Å². The molecule has 0 unspecified atom stereocenters. The Balaban J connectivity index is 2.47. The highest BCUT2D eigenvalue weighted by atomic mass is 19.4. The second-order valence-electron chi connectivity index (χ2n) is 4.52. The molecule has 1 aromatic rings. The van der Waals surface area contributed by atoms with Crippen LogP contribution in [0.1, 0.15) is 25.8 Å². The van der Waals surface area contributed by atoms with E-state index in [0.29, 0.717) is 5.92 Å². The molecule has 6 heteroatoms. The van der Waals surface area contributed by atoms with Gasteiger partial charge in [0.15, 0.2) is 0 Å². The van der Waals surface area contributed by atoms with E-state index in [1.54, 1.807) is 0 Å². The van der Waals surface area contributed by atoms with E-state index in [9.17, 15) is 18.0 Å². The molecule has 0 saturated heterocycles. The monoisotopic (exact) mass is 275 g/mol. The van der Waals surface area contributed by atoms with Gasteiger partial charge >= 0.3 is 12.3 Å². The first-order chi connectivity index (χ1) is 8.79. The van der Waals surface area contributed by atoms with E-state index in [0.717, 1.165) is 18.6 Å². The second kappa shape index (κ2) is 6.45. The average molecular weight is 275 g/mol. The first kappa shape index (κ1) is 15.3. The van der Waals surface area contributed by atoms with Gasteiger partial charge in [0, 0.05) is 5.69 Å². The van der Waals surface area contributed by atoms with Crippen molar-refractivity contribution < 1.29 is 22.7 Å². The van der Waals surface area contributed by atoms with Crippen LogP contribution in [-0.4, -0.2) is 12.7 Å². The molecule has 0 aliphatic carbocycles. The summed E-state index contributed by atoms with van der Waals surface area (Å²) in [4.78, 5) is 11.3. The smallest absolute Gasteiger partial charge is 0.416 e. The molecule has 1 rings (SSSR count). The average Bonchev–Trinajstić information content (AvgIpc) is 2.27. The summed E-state index contributed by atoms with van der Waals surface area (Å²) in [7, 11) is 0. The molecule has 0 heterocycles. The standard InChI is InChI=1S/C13H16F3NO2/c1-9(2)7-8-19-12(18)17-11-5-3-10(4-6-11)13(14,15)16/h3-6,9H,7-8H2,1-2H3,(H,17,18). The molecule has 1 aromatic carbocycles. The zero-order valence-electron chi connectivity index (χ0n) is 10.8. The summed E-state index contributed by atoms with van der Waals surface area (Å²) in [6.45, 7) is 4.28. The highest BCUT2D eigenvalue weighted by Gasteiger charge is 2.29. The van der Waals surface area contributed by atoms with E-state index in [1.165, 1.54) is 12.1 Å². The predicted octanol–water partition coefficient (Wildman–Crippen LogP) is 4.30. The van der Waals surface area contributed by atoms with Crippen LogP contribution < -0.4 is 5.32 Å². The van der Waals surface area contributed by atoms with Crippen LogP contribution in [0.15, 0.2) is 24.3 Å². The molecule has 0 spiro atoms.